The van der Waals surface area contributed by atoms with E-state index in [1.54, 1.807) is 7.11 Å². The highest BCUT2D eigenvalue weighted by Crippen LogP contribution is 2.31. The normalized spacial score (nSPS) is 12.2. The minimum atomic E-state index is -0.0484. The molecule has 1 nitrogen and oxygen atoms in total. The van der Waals surface area contributed by atoms with Crippen LogP contribution in [0.1, 0.15) is 16.5 Å². The fraction of sp³-hybridized carbons (Fsp3) is 0.200. The Balaban J connectivity index is 2.16. The molecule has 0 bridgehead atoms. The number of methoxy groups -OCH3 is 1. The average Bonchev–Trinajstić information content (AvgIpc) is 2.39. The van der Waals surface area contributed by atoms with Crippen LogP contribution in [0.2, 0.25) is 0 Å². The summed E-state index contributed by atoms with van der Waals surface area (Å²) in [5.74, 6) is 0.864. The van der Waals surface area contributed by atoms with Crippen molar-refractivity contribution >= 4 is 27.5 Å². The highest BCUT2D eigenvalue weighted by Gasteiger charge is 2.12. The molecule has 0 saturated heterocycles. The molecule has 1 atom stereocenters. The quantitative estimate of drug-likeness (QED) is 0.720. The molecule has 0 fully saturated rings. The Hall–Kier alpha value is -0.990. The van der Waals surface area contributed by atoms with E-state index in [0.717, 1.165) is 22.2 Å². The van der Waals surface area contributed by atoms with Crippen LogP contribution >= 0.6 is 27.5 Å². The fourth-order valence-electron chi connectivity index (χ4n) is 1.85. The summed E-state index contributed by atoms with van der Waals surface area (Å²) in [4.78, 5) is 0. The minimum absolute atomic E-state index is 0.0484. The Bertz CT molecular complexity index is 527. The van der Waals surface area contributed by atoms with Crippen LogP contribution in [0.5, 0.6) is 5.75 Å². The van der Waals surface area contributed by atoms with Gasteiger partial charge in [-0.3, -0.25) is 0 Å². The number of hydrogen-bond acceptors (Lipinski definition) is 1. The van der Waals surface area contributed by atoms with Crippen LogP contribution in [0.25, 0.3) is 0 Å². The molecule has 1 unspecified atom stereocenters. The van der Waals surface area contributed by atoms with E-state index in [9.17, 15) is 0 Å². The Morgan fingerprint density at radius 2 is 1.94 bits per heavy atom. The van der Waals surface area contributed by atoms with Gasteiger partial charge in [0.05, 0.1) is 12.5 Å². The maximum Gasteiger partial charge on any atom is 0.119 e. The van der Waals surface area contributed by atoms with Gasteiger partial charge in [0.15, 0.2) is 0 Å². The molecule has 0 aliphatic carbocycles. The SMILES string of the molecule is COc1cccc(CC(Cl)c2ccccc2Br)c1. The van der Waals surface area contributed by atoms with E-state index in [4.69, 9.17) is 16.3 Å². The first-order valence-electron chi connectivity index (χ1n) is 5.72. The summed E-state index contributed by atoms with van der Waals surface area (Å²) >= 11 is 10.00. The van der Waals surface area contributed by atoms with E-state index in [-0.39, 0.29) is 5.38 Å². The van der Waals surface area contributed by atoms with Crippen molar-refractivity contribution in [3.05, 3.63) is 64.1 Å². The summed E-state index contributed by atoms with van der Waals surface area (Å²) in [6, 6.07) is 16.0. The lowest BCUT2D eigenvalue weighted by molar-refractivity contribution is 0.414. The molecule has 2 aromatic rings. The van der Waals surface area contributed by atoms with Crippen molar-refractivity contribution in [1.29, 1.82) is 0 Å². The fourth-order valence-corrected chi connectivity index (χ4v) is 2.91. The van der Waals surface area contributed by atoms with Gasteiger partial charge < -0.3 is 4.74 Å². The molecular weight excluding hydrogens is 312 g/mol. The zero-order valence-electron chi connectivity index (χ0n) is 10.1. The van der Waals surface area contributed by atoms with Crippen molar-refractivity contribution in [2.24, 2.45) is 0 Å². The Morgan fingerprint density at radius 3 is 2.67 bits per heavy atom. The zero-order valence-corrected chi connectivity index (χ0v) is 12.4. The lowest BCUT2D eigenvalue weighted by Crippen LogP contribution is -1.97. The molecule has 0 aliphatic rings. The second-order valence-electron chi connectivity index (χ2n) is 4.04. The smallest absolute Gasteiger partial charge is 0.119 e. The van der Waals surface area contributed by atoms with Crippen molar-refractivity contribution in [2.75, 3.05) is 7.11 Å². The molecule has 0 saturated carbocycles. The topological polar surface area (TPSA) is 9.23 Å². The van der Waals surface area contributed by atoms with Crippen LogP contribution in [0.3, 0.4) is 0 Å². The van der Waals surface area contributed by atoms with Gasteiger partial charge in [0.1, 0.15) is 5.75 Å². The first kappa shape index (κ1) is 13.4. The van der Waals surface area contributed by atoms with Crippen molar-refractivity contribution in [2.45, 2.75) is 11.8 Å². The summed E-state index contributed by atoms with van der Waals surface area (Å²) in [6.07, 6.45) is 0.779. The minimum Gasteiger partial charge on any atom is -0.497 e. The van der Waals surface area contributed by atoms with Crippen LogP contribution in [-0.4, -0.2) is 7.11 Å². The molecule has 0 heterocycles. The van der Waals surface area contributed by atoms with Crippen molar-refractivity contribution in [3.8, 4) is 5.75 Å². The van der Waals surface area contributed by atoms with Crippen molar-refractivity contribution in [3.63, 3.8) is 0 Å². The number of rotatable bonds is 4. The monoisotopic (exact) mass is 324 g/mol. The third-order valence-corrected chi connectivity index (χ3v) is 3.90. The first-order valence-corrected chi connectivity index (χ1v) is 6.95. The highest BCUT2D eigenvalue weighted by molar-refractivity contribution is 9.10. The summed E-state index contributed by atoms with van der Waals surface area (Å²) in [5, 5.41) is -0.0484. The zero-order chi connectivity index (χ0) is 13.0. The van der Waals surface area contributed by atoms with E-state index < -0.39 is 0 Å². The van der Waals surface area contributed by atoms with Gasteiger partial charge in [-0.15, -0.1) is 11.6 Å². The molecular formula is C15H14BrClO. The van der Waals surface area contributed by atoms with E-state index >= 15 is 0 Å². The number of halogens is 2. The van der Waals surface area contributed by atoms with Crippen LogP contribution in [0.4, 0.5) is 0 Å². The summed E-state index contributed by atoms with van der Waals surface area (Å²) in [6.45, 7) is 0. The highest BCUT2D eigenvalue weighted by atomic mass is 79.9. The number of ether oxygens (including phenoxy) is 1. The van der Waals surface area contributed by atoms with Gasteiger partial charge in [-0.1, -0.05) is 46.3 Å². The first-order chi connectivity index (χ1) is 8.70. The van der Waals surface area contributed by atoms with Gasteiger partial charge in [0.25, 0.3) is 0 Å². The molecule has 94 valence electrons. The lowest BCUT2D eigenvalue weighted by Gasteiger charge is -2.12. The van der Waals surface area contributed by atoms with Gasteiger partial charge in [0.2, 0.25) is 0 Å². The van der Waals surface area contributed by atoms with Gasteiger partial charge >= 0.3 is 0 Å². The Kier molecular flexibility index (Phi) is 4.67. The van der Waals surface area contributed by atoms with E-state index in [0.29, 0.717) is 0 Å². The number of benzene rings is 2. The molecule has 2 aromatic carbocycles. The molecule has 0 aliphatic heterocycles. The van der Waals surface area contributed by atoms with Crippen LogP contribution < -0.4 is 4.74 Å². The Morgan fingerprint density at radius 1 is 1.17 bits per heavy atom. The molecule has 2 rings (SSSR count). The third kappa shape index (κ3) is 3.27. The second kappa shape index (κ2) is 6.26. The van der Waals surface area contributed by atoms with Gasteiger partial charge in [0, 0.05) is 4.47 Å². The van der Waals surface area contributed by atoms with E-state index in [1.165, 1.54) is 5.56 Å². The molecule has 0 aromatic heterocycles. The molecule has 0 N–H and O–H groups in total. The van der Waals surface area contributed by atoms with Crippen molar-refractivity contribution in [1.82, 2.24) is 0 Å². The predicted octanol–water partition coefficient (Wildman–Crippen LogP) is 4.98. The standard InChI is InChI=1S/C15H14BrClO/c1-18-12-6-4-5-11(9-12)10-15(17)13-7-2-3-8-14(13)16/h2-9,15H,10H2,1H3. The van der Waals surface area contributed by atoms with Crippen LogP contribution in [-0.2, 0) is 6.42 Å². The predicted molar refractivity (Wildman–Crippen MR) is 79.4 cm³/mol. The van der Waals surface area contributed by atoms with Crippen LogP contribution in [0, 0.1) is 0 Å². The molecule has 0 amide bonds. The summed E-state index contributed by atoms with van der Waals surface area (Å²) in [7, 11) is 1.67. The van der Waals surface area contributed by atoms with Gasteiger partial charge in [-0.05, 0) is 35.7 Å². The number of alkyl halides is 1. The molecule has 0 spiro atoms. The largest absolute Gasteiger partial charge is 0.497 e. The average molecular weight is 326 g/mol. The van der Waals surface area contributed by atoms with E-state index in [1.807, 2.05) is 42.5 Å². The molecule has 3 heteroatoms. The second-order valence-corrected chi connectivity index (χ2v) is 5.43. The lowest BCUT2D eigenvalue weighted by atomic mass is 10.0. The van der Waals surface area contributed by atoms with E-state index in [2.05, 4.69) is 22.0 Å². The van der Waals surface area contributed by atoms with Crippen LogP contribution in [0.15, 0.2) is 53.0 Å². The molecule has 0 radical (unpaired) electrons. The maximum atomic E-state index is 6.47. The summed E-state index contributed by atoms with van der Waals surface area (Å²) < 4.78 is 6.26. The third-order valence-electron chi connectivity index (χ3n) is 2.79. The van der Waals surface area contributed by atoms with Crippen molar-refractivity contribution < 1.29 is 4.74 Å². The maximum absolute atomic E-state index is 6.47. The molecule has 18 heavy (non-hydrogen) atoms. The van der Waals surface area contributed by atoms with Gasteiger partial charge in [-0.25, -0.2) is 0 Å². The Labute approximate surface area is 121 Å². The van der Waals surface area contributed by atoms with Gasteiger partial charge in [-0.2, -0.15) is 0 Å². The number of hydrogen-bond donors (Lipinski definition) is 0. The summed E-state index contributed by atoms with van der Waals surface area (Å²) in [5.41, 5.74) is 2.28.